The minimum absolute atomic E-state index is 0.342. The van der Waals surface area contributed by atoms with Gasteiger partial charge in [-0.15, -0.1) is 0 Å². The van der Waals surface area contributed by atoms with Gasteiger partial charge in [-0.3, -0.25) is 4.79 Å². The molecule has 3 rings (SSSR count). The highest BCUT2D eigenvalue weighted by molar-refractivity contribution is 5.79. The molecule has 0 aromatic carbocycles. The Morgan fingerprint density at radius 3 is 2.37 bits per heavy atom. The summed E-state index contributed by atoms with van der Waals surface area (Å²) in [5.41, 5.74) is 0. The number of nitrogens with zero attached hydrogens (tertiary/aromatic N) is 1. The zero-order chi connectivity index (χ0) is 13.1. The highest BCUT2D eigenvalue weighted by Gasteiger charge is 2.32. The van der Waals surface area contributed by atoms with Crippen LogP contribution >= 0.6 is 0 Å². The molecule has 2 aliphatic carbocycles. The summed E-state index contributed by atoms with van der Waals surface area (Å²) in [5, 5.41) is 3.54. The molecule has 1 unspecified atom stereocenters. The smallest absolute Gasteiger partial charge is 0.225 e. The number of nitrogens with one attached hydrogen (secondary N) is 1. The van der Waals surface area contributed by atoms with Gasteiger partial charge in [0.05, 0.1) is 0 Å². The lowest BCUT2D eigenvalue weighted by Gasteiger charge is -2.31. The van der Waals surface area contributed by atoms with E-state index in [4.69, 9.17) is 0 Å². The third-order valence-electron chi connectivity index (χ3n) is 5.04. The standard InChI is InChI=1S/C16H28N2O/c19-16(14-5-2-1-3-6-14)18(11-13-8-9-13)12-15-7-4-10-17-15/h13-15,17H,1-12H2. The van der Waals surface area contributed by atoms with Crippen LogP contribution in [0.1, 0.15) is 57.8 Å². The van der Waals surface area contributed by atoms with Gasteiger partial charge in [-0.05, 0) is 51.0 Å². The maximum absolute atomic E-state index is 12.7. The Labute approximate surface area is 117 Å². The molecule has 1 amide bonds. The second-order valence-electron chi connectivity index (χ2n) is 6.81. The van der Waals surface area contributed by atoms with E-state index in [2.05, 4.69) is 10.2 Å². The first kappa shape index (κ1) is 13.4. The fourth-order valence-electron chi connectivity index (χ4n) is 3.65. The van der Waals surface area contributed by atoms with Gasteiger partial charge in [-0.2, -0.15) is 0 Å². The Kier molecular flexibility index (Phi) is 4.42. The lowest BCUT2D eigenvalue weighted by Crippen LogP contribution is -2.45. The van der Waals surface area contributed by atoms with Crippen LogP contribution in [0.5, 0.6) is 0 Å². The molecule has 3 aliphatic rings. The highest BCUT2D eigenvalue weighted by Crippen LogP contribution is 2.32. The second-order valence-corrected chi connectivity index (χ2v) is 6.81. The predicted octanol–water partition coefficient (Wildman–Crippen LogP) is 2.56. The van der Waals surface area contributed by atoms with E-state index in [1.165, 1.54) is 44.9 Å². The van der Waals surface area contributed by atoms with Crippen LogP contribution in [0.25, 0.3) is 0 Å². The molecule has 0 aromatic rings. The lowest BCUT2D eigenvalue weighted by atomic mass is 9.88. The van der Waals surface area contributed by atoms with E-state index >= 15 is 0 Å². The first-order valence-corrected chi connectivity index (χ1v) is 8.35. The van der Waals surface area contributed by atoms with Crippen LogP contribution in [0.4, 0.5) is 0 Å². The third-order valence-corrected chi connectivity index (χ3v) is 5.04. The van der Waals surface area contributed by atoms with Crippen molar-refractivity contribution < 1.29 is 4.79 Å². The zero-order valence-electron chi connectivity index (χ0n) is 12.1. The molecule has 19 heavy (non-hydrogen) atoms. The predicted molar refractivity (Wildman–Crippen MR) is 76.9 cm³/mol. The van der Waals surface area contributed by atoms with Crippen LogP contribution < -0.4 is 5.32 Å². The largest absolute Gasteiger partial charge is 0.341 e. The SMILES string of the molecule is O=C(C1CCCCC1)N(CC1CC1)CC1CCCN1. The van der Waals surface area contributed by atoms with Crippen molar-refractivity contribution in [2.75, 3.05) is 19.6 Å². The summed E-state index contributed by atoms with van der Waals surface area (Å²) in [5.74, 6) is 1.63. The number of amides is 1. The van der Waals surface area contributed by atoms with Crippen molar-refractivity contribution in [3.63, 3.8) is 0 Å². The fourth-order valence-corrected chi connectivity index (χ4v) is 3.65. The van der Waals surface area contributed by atoms with E-state index in [0.717, 1.165) is 38.4 Å². The van der Waals surface area contributed by atoms with Gasteiger partial charge < -0.3 is 10.2 Å². The molecule has 2 saturated carbocycles. The average Bonchev–Trinajstić information content (AvgIpc) is 3.12. The summed E-state index contributed by atoms with van der Waals surface area (Å²) in [7, 11) is 0. The zero-order valence-corrected chi connectivity index (χ0v) is 12.1. The van der Waals surface area contributed by atoms with E-state index in [-0.39, 0.29) is 0 Å². The Bertz CT molecular complexity index is 302. The van der Waals surface area contributed by atoms with Crippen molar-refractivity contribution in [1.82, 2.24) is 10.2 Å². The molecule has 1 aliphatic heterocycles. The summed E-state index contributed by atoms with van der Waals surface area (Å²) in [4.78, 5) is 15.0. The van der Waals surface area contributed by atoms with Crippen LogP contribution in [-0.2, 0) is 4.79 Å². The first-order chi connectivity index (χ1) is 9.33. The van der Waals surface area contributed by atoms with E-state index < -0.39 is 0 Å². The molecule has 3 heteroatoms. The number of carbonyl (C=O) groups is 1. The normalized spacial score (nSPS) is 28.5. The number of rotatable bonds is 5. The fraction of sp³-hybridized carbons (Fsp3) is 0.938. The van der Waals surface area contributed by atoms with Crippen LogP contribution in [0.3, 0.4) is 0 Å². The van der Waals surface area contributed by atoms with Crippen LogP contribution in [0.2, 0.25) is 0 Å². The van der Waals surface area contributed by atoms with Crippen molar-refractivity contribution in [1.29, 1.82) is 0 Å². The number of hydrogen-bond donors (Lipinski definition) is 1. The van der Waals surface area contributed by atoms with Crippen molar-refractivity contribution in [3.05, 3.63) is 0 Å². The molecule has 0 bridgehead atoms. The van der Waals surface area contributed by atoms with Gasteiger partial charge in [0.1, 0.15) is 0 Å². The summed E-state index contributed by atoms with van der Waals surface area (Å²) >= 11 is 0. The third kappa shape index (κ3) is 3.71. The summed E-state index contributed by atoms with van der Waals surface area (Å²) in [6.07, 6.45) is 11.3. The van der Waals surface area contributed by atoms with Gasteiger partial charge in [0.25, 0.3) is 0 Å². The van der Waals surface area contributed by atoms with Crippen molar-refractivity contribution in [2.45, 2.75) is 63.8 Å². The Balaban J connectivity index is 1.57. The number of hydrogen-bond acceptors (Lipinski definition) is 2. The molecule has 108 valence electrons. The molecular weight excluding hydrogens is 236 g/mol. The van der Waals surface area contributed by atoms with E-state index in [0.29, 0.717) is 17.9 Å². The Hall–Kier alpha value is -0.570. The molecular formula is C16H28N2O. The molecule has 0 radical (unpaired) electrons. The van der Waals surface area contributed by atoms with Gasteiger partial charge >= 0.3 is 0 Å². The number of carbonyl (C=O) groups excluding carboxylic acids is 1. The van der Waals surface area contributed by atoms with Crippen LogP contribution in [0.15, 0.2) is 0 Å². The van der Waals surface area contributed by atoms with Gasteiger partial charge in [-0.25, -0.2) is 0 Å². The van der Waals surface area contributed by atoms with E-state index in [1.807, 2.05) is 0 Å². The van der Waals surface area contributed by atoms with Crippen LogP contribution in [0, 0.1) is 11.8 Å². The monoisotopic (exact) mass is 264 g/mol. The minimum Gasteiger partial charge on any atom is -0.341 e. The molecule has 1 atom stereocenters. The molecule has 1 N–H and O–H groups in total. The molecule has 1 saturated heterocycles. The van der Waals surface area contributed by atoms with Crippen molar-refractivity contribution in [3.8, 4) is 0 Å². The van der Waals surface area contributed by atoms with E-state index in [9.17, 15) is 4.79 Å². The van der Waals surface area contributed by atoms with Crippen molar-refractivity contribution in [2.24, 2.45) is 11.8 Å². The van der Waals surface area contributed by atoms with Gasteiger partial charge in [0.15, 0.2) is 0 Å². The maximum Gasteiger partial charge on any atom is 0.225 e. The lowest BCUT2D eigenvalue weighted by molar-refractivity contribution is -0.137. The van der Waals surface area contributed by atoms with Gasteiger partial charge in [0.2, 0.25) is 5.91 Å². The van der Waals surface area contributed by atoms with Crippen molar-refractivity contribution >= 4 is 5.91 Å². The van der Waals surface area contributed by atoms with Gasteiger partial charge in [0, 0.05) is 25.0 Å². The Morgan fingerprint density at radius 1 is 0.947 bits per heavy atom. The topological polar surface area (TPSA) is 32.3 Å². The average molecular weight is 264 g/mol. The molecule has 0 aromatic heterocycles. The Morgan fingerprint density at radius 2 is 1.74 bits per heavy atom. The summed E-state index contributed by atoms with van der Waals surface area (Å²) < 4.78 is 0. The first-order valence-electron chi connectivity index (χ1n) is 8.35. The molecule has 0 spiro atoms. The highest BCUT2D eigenvalue weighted by atomic mass is 16.2. The summed E-state index contributed by atoms with van der Waals surface area (Å²) in [6, 6.07) is 0.561. The molecule has 3 nitrogen and oxygen atoms in total. The molecule has 1 heterocycles. The van der Waals surface area contributed by atoms with Gasteiger partial charge in [-0.1, -0.05) is 19.3 Å². The molecule has 3 fully saturated rings. The minimum atomic E-state index is 0.342. The van der Waals surface area contributed by atoms with Crippen LogP contribution in [-0.4, -0.2) is 36.5 Å². The quantitative estimate of drug-likeness (QED) is 0.827. The second kappa shape index (κ2) is 6.25. The summed E-state index contributed by atoms with van der Waals surface area (Å²) in [6.45, 7) is 3.14. The van der Waals surface area contributed by atoms with E-state index in [1.54, 1.807) is 0 Å². The maximum atomic E-state index is 12.7.